The molecule has 3 heterocycles. The summed E-state index contributed by atoms with van der Waals surface area (Å²) in [7, 11) is -2.90. The molecule has 0 spiro atoms. The average Bonchev–Trinajstić information content (AvgIpc) is 3.10. The van der Waals surface area contributed by atoms with Gasteiger partial charge in [0.25, 0.3) is 0 Å². The Morgan fingerprint density at radius 1 is 1.30 bits per heavy atom. The Morgan fingerprint density at radius 2 is 2.03 bits per heavy atom. The highest BCUT2D eigenvalue weighted by Gasteiger charge is 2.20. The van der Waals surface area contributed by atoms with Crippen LogP contribution in [0.4, 0.5) is 0 Å². The zero-order valence-corrected chi connectivity index (χ0v) is 21.1. The van der Waals surface area contributed by atoms with Gasteiger partial charge in [0.1, 0.15) is 15.5 Å². The normalized spacial score (nSPS) is 16.4. The molecule has 0 atom stereocenters. The second-order valence-corrected chi connectivity index (χ2v) is 9.97. The molecule has 1 aliphatic heterocycles. The van der Waals surface area contributed by atoms with Crippen LogP contribution in [0.25, 0.3) is 5.65 Å². The Labute approximate surface area is 196 Å². The highest BCUT2D eigenvalue weighted by Crippen LogP contribution is 2.11. The van der Waals surface area contributed by atoms with Crippen molar-refractivity contribution in [1.82, 2.24) is 24.9 Å². The molecule has 3 rings (SSSR count). The summed E-state index contributed by atoms with van der Waals surface area (Å²) >= 11 is 0. The summed E-state index contributed by atoms with van der Waals surface area (Å²) in [6.07, 6.45) is 5.28. The molecule has 1 saturated heterocycles. The van der Waals surface area contributed by atoms with Gasteiger partial charge >= 0.3 is 0 Å². The molecule has 0 radical (unpaired) electrons. The third-order valence-corrected chi connectivity index (χ3v) is 6.12. The quantitative estimate of drug-likeness (QED) is 0.312. The van der Waals surface area contributed by atoms with E-state index in [9.17, 15) is 8.42 Å². The van der Waals surface area contributed by atoms with Crippen LogP contribution in [0.15, 0.2) is 29.4 Å². The van der Waals surface area contributed by atoms with Gasteiger partial charge in [-0.05, 0) is 38.8 Å². The Balaban J connectivity index is 0.00000320. The maximum atomic E-state index is 11.4. The minimum absolute atomic E-state index is 0. The van der Waals surface area contributed by atoms with Crippen molar-refractivity contribution >= 4 is 45.4 Å². The molecule has 0 saturated carbocycles. The van der Waals surface area contributed by atoms with Crippen molar-refractivity contribution < 1.29 is 8.42 Å². The number of nitrogens with one attached hydrogen (secondary N) is 2. The number of likely N-dealkylation sites (tertiary alicyclic amines) is 1. The summed E-state index contributed by atoms with van der Waals surface area (Å²) in [6, 6.07) is 6.42. The third kappa shape index (κ3) is 7.38. The van der Waals surface area contributed by atoms with E-state index in [1.165, 1.54) is 6.26 Å². The fourth-order valence-electron chi connectivity index (χ4n) is 3.54. The van der Waals surface area contributed by atoms with E-state index in [1.807, 2.05) is 18.3 Å². The Bertz CT molecular complexity index is 951. The van der Waals surface area contributed by atoms with Gasteiger partial charge in [-0.2, -0.15) is 0 Å². The van der Waals surface area contributed by atoms with Crippen LogP contribution in [-0.2, 0) is 16.4 Å². The number of piperidine rings is 1. The van der Waals surface area contributed by atoms with Crippen LogP contribution in [0.5, 0.6) is 0 Å². The second-order valence-electron chi connectivity index (χ2n) is 7.71. The number of sulfone groups is 1. The first-order valence-corrected chi connectivity index (χ1v) is 12.3. The van der Waals surface area contributed by atoms with E-state index in [2.05, 4.69) is 44.8 Å². The zero-order chi connectivity index (χ0) is 20.9. The first kappa shape index (κ1) is 24.9. The third-order valence-electron chi connectivity index (χ3n) is 5.20. The molecule has 2 N–H and O–H groups in total. The molecule has 8 nitrogen and oxygen atoms in total. The maximum absolute atomic E-state index is 11.4. The predicted molar refractivity (Wildman–Crippen MR) is 132 cm³/mol. The van der Waals surface area contributed by atoms with Gasteiger partial charge in [0.2, 0.25) is 0 Å². The molecule has 2 aromatic heterocycles. The number of imidazole rings is 1. The summed E-state index contributed by atoms with van der Waals surface area (Å²) in [4.78, 5) is 11.6. The van der Waals surface area contributed by atoms with Gasteiger partial charge in [0.05, 0.1) is 18.0 Å². The lowest BCUT2D eigenvalue weighted by Gasteiger charge is -2.32. The lowest BCUT2D eigenvalue weighted by Crippen LogP contribution is -2.49. The molecule has 10 heteroatoms. The molecule has 0 bridgehead atoms. The highest BCUT2D eigenvalue weighted by molar-refractivity contribution is 14.0. The summed E-state index contributed by atoms with van der Waals surface area (Å²) in [5, 5.41) is 6.84. The van der Waals surface area contributed by atoms with Crippen molar-refractivity contribution in [2.75, 3.05) is 38.2 Å². The topological polar surface area (TPSA) is 91.1 Å². The first-order valence-electron chi connectivity index (χ1n) is 10.2. The van der Waals surface area contributed by atoms with Crippen molar-refractivity contribution in [3.05, 3.63) is 35.8 Å². The van der Waals surface area contributed by atoms with E-state index >= 15 is 0 Å². The maximum Gasteiger partial charge on any atom is 0.191 e. The molecule has 0 unspecified atom stereocenters. The summed E-state index contributed by atoms with van der Waals surface area (Å²) in [5.41, 5.74) is 3.03. The predicted octanol–water partition coefficient (Wildman–Crippen LogP) is 1.82. The fraction of sp³-hybridized carbons (Fsp3) is 0.600. The monoisotopic (exact) mass is 548 g/mol. The van der Waals surface area contributed by atoms with Crippen LogP contribution in [0.3, 0.4) is 0 Å². The molecule has 0 aromatic carbocycles. The first-order chi connectivity index (χ1) is 13.8. The van der Waals surface area contributed by atoms with Gasteiger partial charge in [-0.3, -0.25) is 0 Å². The average molecular weight is 548 g/mol. The lowest BCUT2D eigenvalue weighted by molar-refractivity contribution is 0.216. The Kier molecular flexibility index (Phi) is 9.35. The van der Waals surface area contributed by atoms with Crippen LogP contribution < -0.4 is 10.6 Å². The summed E-state index contributed by atoms with van der Waals surface area (Å²) in [6.45, 7) is 7.85. The van der Waals surface area contributed by atoms with Crippen molar-refractivity contribution in [3.8, 4) is 0 Å². The number of aromatic nitrogens is 2. The van der Waals surface area contributed by atoms with Crippen molar-refractivity contribution in [2.24, 2.45) is 4.99 Å². The van der Waals surface area contributed by atoms with Gasteiger partial charge in [-0.25, -0.2) is 18.4 Å². The molecule has 2 aromatic rings. The number of fused-ring (bicyclic) bond motifs is 1. The standard InChI is InChI=1S/C20H32N6O2S.HI/c1-4-21-20(22-14-18-15-26-16(2)6-5-7-19(26)23-18)24-17-8-10-25(11-9-17)12-13-29(3,27)28;/h5-7,15,17H,4,8-14H2,1-3H3,(H2,21,22,24);1H. The minimum atomic E-state index is -2.90. The molecular weight excluding hydrogens is 515 g/mol. The number of aliphatic imine (C=N–C) groups is 1. The number of aryl methyl sites for hydroxylation is 1. The minimum Gasteiger partial charge on any atom is -0.357 e. The van der Waals surface area contributed by atoms with Crippen LogP contribution in [0.1, 0.15) is 31.2 Å². The van der Waals surface area contributed by atoms with E-state index in [0.29, 0.717) is 19.1 Å². The second kappa shape index (κ2) is 11.3. The van der Waals surface area contributed by atoms with Gasteiger partial charge in [0.15, 0.2) is 5.96 Å². The van der Waals surface area contributed by atoms with E-state index in [1.54, 1.807) is 0 Å². The molecule has 0 amide bonds. The van der Waals surface area contributed by atoms with Crippen LogP contribution in [0, 0.1) is 6.92 Å². The van der Waals surface area contributed by atoms with Crippen LogP contribution in [0.2, 0.25) is 0 Å². The number of guanidine groups is 1. The number of halogens is 1. The lowest BCUT2D eigenvalue weighted by atomic mass is 10.1. The van der Waals surface area contributed by atoms with Gasteiger partial charge in [-0.1, -0.05) is 6.07 Å². The van der Waals surface area contributed by atoms with Gasteiger partial charge in [0, 0.05) is 50.4 Å². The van der Waals surface area contributed by atoms with E-state index in [4.69, 9.17) is 4.99 Å². The van der Waals surface area contributed by atoms with Crippen LogP contribution in [-0.4, -0.2) is 72.9 Å². The summed E-state index contributed by atoms with van der Waals surface area (Å²) < 4.78 is 24.8. The van der Waals surface area contributed by atoms with Crippen LogP contribution >= 0.6 is 24.0 Å². The van der Waals surface area contributed by atoms with E-state index in [0.717, 1.165) is 55.5 Å². The molecule has 30 heavy (non-hydrogen) atoms. The van der Waals surface area contributed by atoms with Crippen molar-refractivity contribution in [3.63, 3.8) is 0 Å². The number of pyridine rings is 1. The number of nitrogens with zero attached hydrogens (tertiary/aromatic N) is 4. The number of hydrogen-bond acceptors (Lipinski definition) is 5. The highest BCUT2D eigenvalue weighted by atomic mass is 127. The Hall–Kier alpha value is -1.40. The fourth-order valence-corrected chi connectivity index (χ4v) is 4.13. The molecule has 0 aliphatic carbocycles. The molecular formula is C20H33IN6O2S. The summed E-state index contributed by atoms with van der Waals surface area (Å²) in [5.74, 6) is 1.03. The number of rotatable bonds is 7. The van der Waals surface area contributed by atoms with Gasteiger partial charge in [-0.15, -0.1) is 24.0 Å². The van der Waals surface area contributed by atoms with E-state index in [-0.39, 0.29) is 29.7 Å². The van der Waals surface area contributed by atoms with Gasteiger partial charge < -0.3 is 19.9 Å². The number of hydrogen-bond donors (Lipinski definition) is 2. The Morgan fingerprint density at radius 3 is 2.67 bits per heavy atom. The molecule has 1 fully saturated rings. The zero-order valence-electron chi connectivity index (χ0n) is 18.0. The smallest absolute Gasteiger partial charge is 0.191 e. The molecule has 1 aliphatic rings. The molecule has 168 valence electrons. The largest absolute Gasteiger partial charge is 0.357 e. The van der Waals surface area contributed by atoms with Crippen molar-refractivity contribution in [2.45, 2.75) is 39.3 Å². The van der Waals surface area contributed by atoms with Crippen molar-refractivity contribution in [1.29, 1.82) is 0 Å². The SMILES string of the molecule is CCNC(=NCc1cn2c(C)cccc2n1)NC1CCN(CCS(C)(=O)=O)CC1.I. The van der Waals surface area contributed by atoms with E-state index < -0.39 is 9.84 Å².